The molecule has 0 bridgehead atoms. The molecule has 2 aromatic carbocycles. The first-order valence-corrected chi connectivity index (χ1v) is 9.04. The van der Waals surface area contributed by atoms with Crippen molar-refractivity contribution >= 4 is 29.9 Å². The zero-order valence-corrected chi connectivity index (χ0v) is 17.0. The van der Waals surface area contributed by atoms with E-state index < -0.39 is 0 Å². The molecular formula is C21H26ClN3O3. The summed E-state index contributed by atoms with van der Waals surface area (Å²) >= 11 is 0. The highest BCUT2D eigenvalue weighted by molar-refractivity contribution is 5.96. The molecule has 7 heteroatoms. The van der Waals surface area contributed by atoms with Crippen LogP contribution in [-0.2, 0) is 11.2 Å². The number of anilines is 1. The number of nitrogens with two attached hydrogens (primary N) is 1. The van der Waals surface area contributed by atoms with Gasteiger partial charge in [-0.3, -0.25) is 9.59 Å². The van der Waals surface area contributed by atoms with Crippen molar-refractivity contribution in [2.45, 2.75) is 13.3 Å². The maximum absolute atomic E-state index is 12.8. The van der Waals surface area contributed by atoms with Gasteiger partial charge in [-0.1, -0.05) is 18.2 Å². The SMILES string of the molecule is COc1cccc(CC(=O)N2CCN(C(=O)c3cc(N)ccc3C)CC2)c1.Cl. The molecular weight excluding hydrogens is 378 g/mol. The normalized spacial score (nSPS) is 13.6. The number of benzene rings is 2. The van der Waals surface area contributed by atoms with Gasteiger partial charge in [-0.05, 0) is 42.3 Å². The first-order valence-electron chi connectivity index (χ1n) is 9.04. The van der Waals surface area contributed by atoms with Gasteiger partial charge >= 0.3 is 0 Å². The molecule has 0 atom stereocenters. The Labute approximate surface area is 171 Å². The van der Waals surface area contributed by atoms with E-state index >= 15 is 0 Å². The summed E-state index contributed by atoms with van der Waals surface area (Å²) in [6.45, 7) is 4.03. The van der Waals surface area contributed by atoms with Gasteiger partial charge in [0.05, 0.1) is 13.5 Å². The average Bonchev–Trinajstić information content (AvgIpc) is 2.69. The molecule has 0 saturated carbocycles. The minimum atomic E-state index is -0.0281. The van der Waals surface area contributed by atoms with Crippen molar-refractivity contribution in [1.82, 2.24) is 9.80 Å². The summed E-state index contributed by atoms with van der Waals surface area (Å²) in [6, 6.07) is 12.9. The van der Waals surface area contributed by atoms with Crippen LogP contribution < -0.4 is 10.5 Å². The van der Waals surface area contributed by atoms with E-state index in [1.807, 2.05) is 42.2 Å². The predicted molar refractivity (Wildman–Crippen MR) is 112 cm³/mol. The molecule has 0 radical (unpaired) electrons. The highest BCUT2D eigenvalue weighted by Crippen LogP contribution is 2.17. The lowest BCUT2D eigenvalue weighted by Gasteiger charge is -2.35. The maximum Gasteiger partial charge on any atom is 0.254 e. The summed E-state index contributed by atoms with van der Waals surface area (Å²) < 4.78 is 5.20. The fourth-order valence-corrected chi connectivity index (χ4v) is 3.27. The number of carbonyl (C=O) groups excluding carboxylic acids is 2. The van der Waals surface area contributed by atoms with Crippen molar-refractivity contribution < 1.29 is 14.3 Å². The molecule has 6 nitrogen and oxygen atoms in total. The Kier molecular flexibility index (Phi) is 7.29. The third-order valence-electron chi connectivity index (χ3n) is 4.90. The number of aryl methyl sites for hydroxylation is 1. The van der Waals surface area contributed by atoms with Crippen LogP contribution in [0.3, 0.4) is 0 Å². The predicted octanol–water partition coefficient (Wildman–Crippen LogP) is 2.53. The van der Waals surface area contributed by atoms with Crippen LogP contribution in [0.5, 0.6) is 5.75 Å². The zero-order chi connectivity index (χ0) is 19.4. The lowest BCUT2D eigenvalue weighted by molar-refractivity contribution is -0.131. The first kappa shape index (κ1) is 21.6. The summed E-state index contributed by atoms with van der Waals surface area (Å²) in [7, 11) is 1.61. The number of rotatable bonds is 4. The van der Waals surface area contributed by atoms with Gasteiger partial charge in [0.1, 0.15) is 5.75 Å². The van der Waals surface area contributed by atoms with Gasteiger partial charge < -0.3 is 20.3 Å². The molecule has 0 unspecified atom stereocenters. The molecule has 3 rings (SSSR count). The molecule has 1 aliphatic heterocycles. The highest BCUT2D eigenvalue weighted by atomic mass is 35.5. The van der Waals surface area contributed by atoms with Crippen LogP contribution in [0.4, 0.5) is 5.69 Å². The monoisotopic (exact) mass is 403 g/mol. The molecule has 0 aromatic heterocycles. The Hall–Kier alpha value is -2.73. The molecule has 1 fully saturated rings. The quantitative estimate of drug-likeness (QED) is 0.796. The summed E-state index contributed by atoms with van der Waals surface area (Å²) in [5.41, 5.74) is 8.86. The second-order valence-electron chi connectivity index (χ2n) is 6.78. The van der Waals surface area contributed by atoms with E-state index in [4.69, 9.17) is 10.5 Å². The summed E-state index contributed by atoms with van der Waals surface area (Å²) in [6.07, 6.45) is 0.333. The number of nitrogen functional groups attached to an aromatic ring is 1. The summed E-state index contributed by atoms with van der Waals surface area (Å²) in [5.74, 6) is 0.781. The van der Waals surface area contributed by atoms with Gasteiger partial charge in [0.25, 0.3) is 5.91 Å². The molecule has 2 N–H and O–H groups in total. The Morgan fingerprint density at radius 1 is 1.04 bits per heavy atom. The standard InChI is InChI=1S/C21H25N3O3.ClH/c1-15-6-7-17(22)14-19(15)21(26)24-10-8-23(9-11-24)20(25)13-16-4-3-5-18(12-16)27-2;/h3-7,12,14H,8-11,13,22H2,1-2H3;1H. The van der Waals surface area contributed by atoms with Gasteiger partial charge in [0.2, 0.25) is 5.91 Å². The second-order valence-corrected chi connectivity index (χ2v) is 6.78. The van der Waals surface area contributed by atoms with Crippen LogP contribution in [-0.4, -0.2) is 54.9 Å². The Morgan fingerprint density at radius 3 is 2.39 bits per heavy atom. The van der Waals surface area contributed by atoms with Crippen LogP contribution in [0.15, 0.2) is 42.5 Å². The molecule has 0 aliphatic carbocycles. The van der Waals surface area contributed by atoms with Gasteiger partial charge in [-0.15, -0.1) is 12.4 Å². The lowest BCUT2D eigenvalue weighted by Crippen LogP contribution is -2.51. The number of halogens is 1. The summed E-state index contributed by atoms with van der Waals surface area (Å²) in [5, 5.41) is 0. The Morgan fingerprint density at radius 2 is 1.71 bits per heavy atom. The van der Waals surface area contributed by atoms with Gasteiger partial charge in [0.15, 0.2) is 0 Å². The van der Waals surface area contributed by atoms with Crippen molar-refractivity contribution in [1.29, 1.82) is 0 Å². The fourth-order valence-electron chi connectivity index (χ4n) is 3.27. The van der Waals surface area contributed by atoms with Crippen molar-refractivity contribution in [2.24, 2.45) is 0 Å². The van der Waals surface area contributed by atoms with Crippen LogP contribution in [0.1, 0.15) is 21.5 Å². The third kappa shape index (κ3) is 4.95. The molecule has 1 saturated heterocycles. The Bertz CT molecular complexity index is 849. The molecule has 2 aromatic rings. The van der Waals surface area contributed by atoms with Gasteiger partial charge in [-0.25, -0.2) is 0 Å². The van der Waals surface area contributed by atoms with E-state index in [2.05, 4.69) is 0 Å². The number of ether oxygens (including phenoxy) is 1. The molecule has 2 amide bonds. The van der Waals surface area contributed by atoms with Crippen molar-refractivity contribution in [3.8, 4) is 5.75 Å². The van der Waals surface area contributed by atoms with Crippen LogP contribution in [0.2, 0.25) is 0 Å². The van der Waals surface area contributed by atoms with Crippen molar-refractivity contribution in [3.63, 3.8) is 0 Å². The van der Waals surface area contributed by atoms with Crippen molar-refractivity contribution in [2.75, 3.05) is 39.0 Å². The third-order valence-corrected chi connectivity index (χ3v) is 4.90. The van der Waals surface area contributed by atoms with E-state index in [1.54, 1.807) is 24.1 Å². The number of nitrogens with zero attached hydrogens (tertiary/aromatic N) is 2. The smallest absolute Gasteiger partial charge is 0.254 e. The fraction of sp³-hybridized carbons (Fsp3) is 0.333. The number of piperazine rings is 1. The maximum atomic E-state index is 12.8. The molecule has 1 aliphatic rings. The number of hydrogen-bond donors (Lipinski definition) is 1. The van der Waals surface area contributed by atoms with Crippen LogP contribution >= 0.6 is 12.4 Å². The molecule has 150 valence electrons. The lowest BCUT2D eigenvalue weighted by atomic mass is 10.1. The second kappa shape index (κ2) is 9.46. The Balaban J connectivity index is 0.00000280. The van der Waals surface area contributed by atoms with Gasteiger partial charge in [-0.2, -0.15) is 0 Å². The number of carbonyl (C=O) groups is 2. The number of amides is 2. The van der Waals surface area contributed by atoms with E-state index in [-0.39, 0.29) is 24.2 Å². The molecule has 0 spiro atoms. The largest absolute Gasteiger partial charge is 0.497 e. The summed E-state index contributed by atoms with van der Waals surface area (Å²) in [4.78, 5) is 28.9. The minimum Gasteiger partial charge on any atom is -0.497 e. The van der Waals surface area contributed by atoms with Crippen LogP contribution in [0, 0.1) is 6.92 Å². The topological polar surface area (TPSA) is 75.9 Å². The first-order chi connectivity index (χ1) is 13.0. The minimum absolute atomic E-state index is 0. The van der Waals surface area contributed by atoms with E-state index in [9.17, 15) is 9.59 Å². The zero-order valence-electron chi connectivity index (χ0n) is 16.2. The van der Waals surface area contributed by atoms with E-state index in [1.165, 1.54) is 0 Å². The van der Waals surface area contributed by atoms with Gasteiger partial charge in [0, 0.05) is 37.4 Å². The highest BCUT2D eigenvalue weighted by Gasteiger charge is 2.25. The van der Waals surface area contributed by atoms with Crippen molar-refractivity contribution in [3.05, 3.63) is 59.2 Å². The van der Waals surface area contributed by atoms with E-state index in [0.29, 0.717) is 43.9 Å². The number of methoxy groups -OCH3 is 1. The molecule has 1 heterocycles. The van der Waals surface area contributed by atoms with E-state index in [0.717, 1.165) is 16.9 Å². The number of hydrogen-bond acceptors (Lipinski definition) is 4. The average molecular weight is 404 g/mol. The molecule has 28 heavy (non-hydrogen) atoms. The van der Waals surface area contributed by atoms with Crippen LogP contribution in [0.25, 0.3) is 0 Å².